The van der Waals surface area contributed by atoms with Crippen molar-refractivity contribution in [3.63, 3.8) is 0 Å². The molecule has 0 saturated carbocycles. The lowest BCUT2D eigenvalue weighted by molar-refractivity contribution is 0.0992. The third-order valence-corrected chi connectivity index (χ3v) is 4.76. The summed E-state index contributed by atoms with van der Waals surface area (Å²) in [6.07, 6.45) is 0.835. The van der Waals surface area contributed by atoms with Crippen LogP contribution in [0.2, 0.25) is 5.02 Å². The molecule has 5 heteroatoms. The summed E-state index contributed by atoms with van der Waals surface area (Å²) in [5.74, 6) is 0.813. The van der Waals surface area contributed by atoms with E-state index in [2.05, 4.69) is 11.1 Å². The lowest BCUT2D eigenvalue weighted by Crippen LogP contribution is -2.28. The molecule has 3 heterocycles. The van der Waals surface area contributed by atoms with Gasteiger partial charge in [-0.3, -0.25) is 9.69 Å². The Hall–Kier alpha value is -1.91. The Morgan fingerprint density at radius 2 is 2.19 bits per heavy atom. The number of rotatable bonds is 1. The van der Waals surface area contributed by atoms with E-state index in [0.717, 1.165) is 33.6 Å². The molecule has 0 unspecified atom stereocenters. The van der Waals surface area contributed by atoms with E-state index >= 15 is 0 Å². The van der Waals surface area contributed by atoms with Crippen LogP contribution in [0.4, 0.5) is 5.82 Å². The van der Waals surface area contributed by atoms with Crippen LogP contribution in [0.1, 0.15) is 15.2 Å². The number of carbonyl (C=O) groups is 1. The summed E-state index contributed by atoms with van der Waals surface area (Å²) in [6, 6.07) is 11.5. The molecule has 104 valence electrons. The van der Waals surface area contributed by atoms with Crippen molar-refractivity contribution in [2.75, 3.05) is 11.4 Å². The number of hydrogen-bond acceptors (Lipinski definition) is 3. The van der Waals surface area contributed by atoms with Gasteiger partial charge in [0.1, 0.15) is 5.82 Å². The summed E-state index contributed by atoms with van der Waals surface area (Å²) >= 11 is 7.49. The van der Waals surface area contributed by atoms with Crippen LogP contribution in [0.3, 0.4) is 0 Å². The zero-order valence-corrected chi connectivity index (χ0v) is 12.6. The van der Waals surface area contributed by atoms with Crippen LogP contribution in [0, 0.1) is 0 Å². The number of amides is 1. The second kappa shape index (κ2) is 4.83. The summed E-state index contributed by atoms with van der Waals surface area (Å²) in [4.78, 5) is 19.7. The number of nitrogens with zero attached hydrogens (tertiary/aromatic N) is 2. The van der Waals surface area contributed by atoms with Crippen LogP contribution in [-0.4, -0.2) is 17.4 Å². The van der Waals surface area contributed by atoms with Crippen molar-refractivity contribution in [3.05, 3.63) is 57.2 Å². The van der Waals surface area contributed by atoms with Crippen molar-refractivity contribution >= 4 is 45.6 Å². The molecule has 21 heavy (non-hydrogen) atoms. The van der Waals surface area contributed by atoms with E-state index in [1.54, 1.807) is 4.90 Å². The first-order valence-corrected chi connectivity index (χ1v) is 7.93. The summed E-state index contributed by atoms with van der Waals surface area (Å²) in [7, 11) is 0. The highest BCUT2D eigenvalue weighted by Gasteiger charge is 2.27. The second-order valence-electron chi connectivity index (χ2n) is 4.99. The number of pyridine rings is 1. The third kappa shape index (κ3) is 2.11. The van der Waals surface area contributed by atoms with Crippen LogP contribution in [0.5, 0.6) is 0 Å². The Labute approximate surface area is 130 Å². The van der Waals surface area contributed by atoms with Gasteiger partial charge in [-0.15, -0.1) is 11.3 Å². The number of hydrogen-bond donors (Lipinski definition) is 0. The minimum atomic E-state index is 0.0320. The Kier molecular flexibility index (Phi) is 2.94. The number of carbonyl (C=O) groups excluding carboxylic acids is 1. The lowest BCUT2D eigenvalue weighted by atomic mass is 10.1. The van der Waals surface area contributed by atoms with Gasteiger partial charge < -0.3 is 0 Å². The lowest BCUT2D eigenvalue weighted by Gasteiger charge is -2.15. The molecule has 0 atom stereocenters. The van der Waals surface area contributed by atoms with Gasteiger partial charge in [0, 0.05) is 17.0 Å². The molecule has 2 aromatic heterocycles. The van der Waals surface area contributed by atoms with Crippen LogP contribution in [0.25, 0.3) is 10.9 Å². The maximum atomic E-state index is 12.5. The maximum Gasteiger partial charge on any atom is 0.269 e. The van der Waals surface area contributed by atoms with Gasteiger partial charge in [-0.25, -0.2) is 4.98 Å². The molecule has 0 fully saturated rings. The minimum absolute atomic E-state index is 0.0320. The average Bonchev–Trinajstić information content (AvgIpc) is 3.13. The standard InChI is InChI=1S/C16H11ClN2OS/c17-12-3-4-13-11(9-12)8-10-5-6-19(15(10)18-13)16(20)14-2-1-7-21-14/h1-4,7-9H,5-6H2. The van der Waals surface area contributed by atoms with Gasteiger partial charge >= 0.3 is 0 Å². The molecule has 0 spiro atoms. The number of fused-ring (bicyclic) bond motifs is 2. The highest BCUT2D eigenvalue weighted by molar-refractivity contribution is 7.12. The molecule has 1 aliphatic rings. The van der Waals surface area contributed by atoms with Gasteiger partial charge in [0.2, 0.25) is 0 Å². The molecule has 1 aromatic carbocycles. The van der Waals surface area contributed by atoms with E-state index in [0.29, 0.717) is 11.6 Å². The normalized spacial score (nSPS) is 13.7. The van der Waals surface area contributed by atoms with Crippen molar-refractivity contribution in [2.24, 2.45) is 0 Å². The summed E-state index contributed by atoms with van der Waals surface area (Å²) in [5.41, 5.74) is 1.97. The summed E-state index contributed by atoms with van der Waals surface area (Å²) < 4.78 is 0. The highest BCUT2D eigenvalue weighted by Crippen LogP contribution is 2.31. The van der Waals surface area contributed by atoms with Gasteiger partial charge in [-0.1, -0.05) is 17.7 Å². The van der Waals surface area contributed by atoms with Crippen LogP contribution in [-0.2, 0) is 6.42 Å². The number of aromatic nitrogens is 1. The van der Waals surface area contributed by atoms with Gasteiger partial charge in [-0.2, -0.15) is 0 Å². The first-order valence-electron chi connectivity index (χ1n) is 6.67. The molecule has 0 bridgehead atoms. The summed E-state index contributed by atoms with van der Waals surface area (Å²) in [5, 5.41) is 3.64. The third-order valence-electron chi connectivity index (χ3n) is 3.67. The van der Waals surface area contributed by atoms with Crippen LogP contribution < -0.4 is 4.90 Å². The van der Waals surface area contributed by atoms with Gasteiger partial charge in [0.25, 0.3) is 5.91 Å². The summed E-state index contributed by atoms with van der Waals surface area (Å²) in [6.45, 7) is 0.684. The molecule has 4 rings (SSSR count). The Morgan fingerprint density at radius 3 is 3.00 bits per heavy atom. The first kappa shape index (κ1) is 12.8. The van der Waals surface area contributed by atoms with Crippen LogP contribution in [0.15, 0.2) is 41.8 Å². The van der Waals surface area contributed by atoms with Crippen molar-refractivity contribution in [3.8, 4) is 0 Å². The molecule has 1 amide bonds. The van der Waals surface area contributed by atoms with Crippen LogP contribution >= 0.6 is 22.9 Å². The average molecular weight is 315 g/mol. The molecule has 0 radical (unpaired) electrons. The number of halogens is 1. The maximum absolute atomic E-state index is 12.5. The monoisotopic (exact) mass is 314 g/mol. The quantitative estimate of drug-likeness (QED) is 0.676. The zero-order chi connectivity index (χ0) is 14.4. The number of anilines is 1. The number of benzene rings is 1. The molecule has 0 N–H and O–H groups in total. The zero-order valence-electron chi connectivity index (χ0n) is 11.0. The Morgan fingerprint density at radius 1 is 1.29 bits per heavy atom. The molecule has 0 saturated heterocycles. The molecule has 0 aliphatic carbocycles. The fraction of sp³-hybridized carbons (Fsp3) is 0.125. The predicted molar refractivity (Wildman–Crippen MR) is 86.5 cm³/mol. The van der Waals surface area contributed by atoms with Gasteiger partial charge in [0.05, 0.1) is 10.4 Å². The SMILES string of the molecule is O=C(c1cccs1)N1CCc2cc3cc(Cl)ccc3nc21. The molecular formula is C16H11ClN2OS. The molecule has 3 nitrogen and oxygen atoms in total. The topological polar surface area (TPSA) is 33.2 Å². The Balaban J connectivity index is 1.81. The van der Waals surface area contributed by atoms with E-state index in [1.807, 2.05) is 35.7 Å². The fourth-order valence-corrected chi connectivity index (χ4v) is 3.52. The van der Waals surface area contributed by atoms with Crippen molar-refractivity contribution < 1.29 is 4.79 Å². The molecule has 1 aliphatic heterocycles. The molecular weight excluding hydrogens is 304 g/mol. The highest BCUT2D eigenvalue weighted by atomic mass is 35.5. The van der Waals surface area contributed by atoms with E-state index in [-0.39, 0.29) is 5.91 Å². The van der Waals surface area contributed by atoms with Gasteiger partial charge in [0.15, 0.2) is 0 Å². The minimum Gasteiger partial charge on any atom is -0.291 e. The smallest absolute Gasteiger partial charge is 0.269 e. The van der Waals surface area contributed by atoms with E-state index in [1.165, 1.54) is 11.3 Å². The predicted octanol–water partition coefficient (Wildman–Crippen LogP) is 4.15. The molecule has 3 aromatic rings. The fourth-order valence-electron chi connectivity index (χ4n) is 2.67. The van der Waals surface area contributed by atoms with E-state index < -0.39 is 0 Å². The van der Waals surface area contributed by atoms with Crippen molar-refractivity contribution in [1.82, 2.24) is 4.98 Å². The largest absolute Gasteiger partial charge is 0.291 e. The Bertz CT molecular complexity index is 845. The van der Waals surface area contributed by atoms with E-state index in [9.17, 15) is 4.79 Å². The first-order chi connectivity index (χ1) is 10.2. The number of thiophene rings is 1. The van der Waals surface area contributed by atoms with Crippen molar-refractivity contribution in [1.29, 1.82) is 0 Å². The van der Waals surface area contributed by atoms with Crippen molar-refractivity contribution in [2.45, 2.75) is 6.42 Å². The van der Waals surface area contributed by atoms with Gasteiger partial charge in [-0.05, 0) is 47.7 Å². The van der Waals surface area contributed by atoms with E-state index in [4.69, 9.17) is 11.6 Å². The second-order valence-corrected chi connectivity index (χ2v) is 6.38.